The van der Waals surface area contributed by atoms with E-state index < -0.39 is 38.5 Å². The summed E-state index contributed by atoms with van der Waals surface area (Å²) in [7, 11) is -6.60. The number of benzene rings is 3. The molecule has 3 aromatic carbocycles. The number of hydrogen-bond acceptors (Lipinski definition) is 8. The van der Waals surface area contributed by atoms with E-state index in [1.165, 1.54) is 30.5 Å². The number of amides is 1. The molecule has 0 bridgehead atoms. The summed E-state index contributed by atoms with van der Waals surface area (Å²) >= 11 is 6.32. The molecule has 1 aromatic heterocycles. The van der Waals surface area contributed by atoms with Crippen molar-refractivity contribution in [3.8, 4) is 5.75 Å². The maximum atomic E-state index is 13.5. The first-order valence-electron chi connectivity index (χ1n) is 12.7. The zero-order valence-electron chi connectivity index (χ0n) is 22.3. The van der Waals surface area contributed by atoms with Gasteiger partial charge in [-0.1, -0.05) is 48.0 Å². The number of nitrogens with one attached hydrogen (secondary N) is 1. The molecule has 1 aliphatic heterocycles. The molecule has 0 radical (unpaired) electrons. The molecule has 1 fully saturated rings. The zero-order chi connectivity index (χ0) is 29.9. The molecule has 1 saturated heterocycles. The molecule has 11 nitrogen and oxygen atoms in total. The minimum Gasteiger partial charge on any atom is -0.497 e. The summed E-state index contributed by atoms with van der Waals surface area (Å²) in [6.07, 6.45) is 1.29. The number of rotatable bonds is 8. The number of fused-ring (bicyclic) bond motifs is 1. The van der Waals surface area contributed by atoms with E-state index in [-0.39, 0.29) is 28.0 Å². The fourth-order valence-electron chi connectivity index (χ4n) is 4.53. The minimum atomic E-state index is -4.15. The number of ether oxygens (including phenoxy) is 1. The van der Waals surface area contributed by atoms with Gasteiger partial charge in [0.25, 0.3) is 5.91 Å². The Morgan fingerprint density at radius 1 is 0.952 bits per heavy atom. The third kappa shape index (κ3) is 6.01. The summed E-state index contributed by atoms with van der Waals surface area (Å²) in [4.78, 5) is 17.8. The first-order chi connectivity index (χ1) is 20.1. The van der Waals surface area contributed by atoms with Gasteiger partial charge in [-0.25, -0.2) is 27.2 Å². The average Bonchev–Trinajstić information content (AvgIpc) is 3.01. The van der Waals surface area contributed by atoms with Gasteiger partial charge in [0.05, 0.1) is 28.6 Å². The topological polar surface area (TPSA) is 138 Å². The predicted molar refractivity (Wildman–Crippen MR) is 158 cm³/mol. The molecule has 1 N–H and O–H groups in total. The summed E-state index contributed by atoms with van der Waals surface area (Å²) in [5.74, 6) is -0.195. The number of piperazine rings is 1. The molecule has 0 unspecified atom stereocenters. The molecule has 2 heterocycles. The lowest BCUT2D eigenvalue weighted by molar-refractivity contribution is -0.125. The van der Waals surface area contributed by atoms with Crippen molar-refractivity contribution >= 4 is 54.7 Å². The van der Waals surface area contributed by atoms with E-state index in [4.69, 9.17) is 16.3 Å². The molecule has 0 saturated carbocycles. The molecule has 1 atom stereocenters. The van der Waals surface area contributed by atoms with Crippen LogP contribution in [0.25, 0.3) is 10.9 Å². The van der Waals surface area contributed by atoms with Crippen LogP contribution in [0.15, 0.2) is 99.8 Å². The van der Waals surface area contributed by atoms with Gasteiger partial charge >= 0.3 is 0 Å². The first-order valence-corrected chi connectivity index (χ1v) is 16.0. The molecule has 4 aromatic rings. The Morgan fingerprint density at radius 2 is 1.60 bits per heavy atom. The Morgan fingerprint density at radius 3 is 2.24 bits per heavy atom. The number of halogens is 1. The van der Waals surface area contributed by atoms with E-state index >= 15 is 0 Å². The Labute approximate surface area is 248 Å². The normalized spacial score (nSPS) is 17.0. The molecule has 14 heteroatoms. The van der Waals surface area contributed by atoms with Gasteiger partial charge in [-0.2, -0.15) is 13.7 Å². The van der Waals surface area contributed by atoms with Crippen molar-refractivity contribution in [3.63, 3.8) is 0 Å². The van der Waals surface area contributed by atoms with Crippen LogP contribution < -0.4 is 10.2 Å². The van der Waals surface area contributed by atoms with Crippen LogP contribution in [0, 0.1) is 0 Å². The van der Waals surface area contributed by atoms with E-state index in [9.17, 15) is 21.6 Å². The second-order valence-electron chi connectivity index (χ2n) is 9.28. The fraction of sp³-hybridized carbons (Fsp3) is 0.179. The van der Waals surface area contributed by atoms with Gasteiger partial charge in [-0.3, -0.25) is 4.79 Å². The van der Waals surface area contributed by atoms with Crippen molar-refractivity contribution in [2.24, 2.45) is 5.10 Å². The SMILES string of the molecule is COc1ccc2cc(/C=N\NC(=O)[C@H]3CN(S(=O)(=O)c4ccccc4)CCN3S(=O)(=O)c3ccccc3)c(Cl)nc2c1. The second-order valence-corrected chi connectivity index (χ2v) is 13.5. The molecule has 1 aliphatic rings. The van der Waals surface area contributed by atoms with Crippen LogP contribution in [0.5, 0.6) is 5.75 Å². The number of pyridine rings is 1. The monoisotopic (exact) mass is 627 g/mol. The predicted octanol–water partition coefficient (Wildman–Crippen LogP) is 3.11. The highest BCUT2D eigenvalue weighted by atomic mass is 35.5. The Balaban J connectivity index is 1.42. The summed E-state index contributed by atoms with van der Waals surface area (Å²) in [6.45, 7) is -0.792. The Bertz CT molecular complexity index is 1860. The summed E-state index contributed by atoms with van der Waals surface area (Å²) in [6, 6.07) is 21.0. The van der Waals surface area contributed by atoms with Gasteiger partial charge in [0, 0.05) is 36.7 Å². The van der Waals surface area contributed by atoms with Crippen molar-refractivity contribution < 1.29 is 26.4 Å². The summed E-state index contributed by atoms with van der Waals surface area (Å²) < 4.78 is 61.1. The second kappa shape index (κ2) is 12.2. The van der Waals surface area contributed by atoms with Gasteiger partial charge in [0.2, 0.25) is 20.0 Å². The third-order valence-corrected chi connectivity index (χ3v) is 10.8. The van der Waals surface area contributed by atoms with Crippen LogP contribution in [0.2, 0.25) is 5.15 Å². The highest BCUT2D eigenvalue weighted by Gasteiger charge is 2.43. The lowest BCUT2D eigenvalue weighted by Gasteiger charge is -2.38. The quantitative estimate of drug-likeness (QED) is 0.180. The van der Waals surface area contributed by atoms with Gasteiger partial charge in [0.15, 0.2) is 0 Å². The van der Waals surface area contributed by atoms with E-state index in [0.717, 1.165) is 14.0 Å². The molecule has 0 aliphatic carbocycles. The van der Waals surface area contributed by atoms with E-state index in [0.29, 0.717) is 16.8 Å². The minimum absolute atomic E-state index is 0.0173. The number of sulfonamides is 2. The number of hydrogen-bond donors (Lipinski definition) is 1. The van der Waals surface area contributed by atoms with Gasteiger partial charge in [0.1, 0.15) is 16.9 Å². The lowest BCUT2D eigenvalue weighted by atomic mass is 10.1. The highest BCUT2D eigenvalue weighted by Crippen LogP contribution is 2.26. The van der Waals surface area contributed by atoms with Crippen molar-refractivity contribution in [1.82, 2.24) is 19.0 Å². The third-order valence-electron chi connectivity index (χ3n) is 6.71. The lowest BCUT2D eigenvalue weighted by Crippen LogP contribution is -2.60. The Kier molecular flexibility index (Phi) is 8.57. The maximum absolute atomic E-state index is 13.5. The summed E-state index contributed by atoms with van der Waals surface area (Å²) in [5.41, 5.74) is 3.36. The van der Waals surface area contributed by atoms with Crippen molar-refractivity contribution in [2.75, 3.05) is 26.7 Å². The van der Waals surface area contributed by atoms with Gasteiger partial charge in [-0.15, -0.1) is 0 Å². The van der Waals surface area contributed by atoms with Crippen LogP contribution >= 0.6 is 11.6 Å². The summed E-state index contributed by atoms with van der Waals surface area (Å²) in [5, 5.41) is 4.87. The van der Waals surface area contributed by atoms with Crippen molar-refractivity contribution in [3.05, 3.63) is 95.6 Å². The van der Waals surface area contributed by atoms with Gasteiger partial charge < -0.3 is 4.74 Å². The number of nitrogens with zero attached hydrogens (tertiary/aromatic N) is 4. The molecule has 5 rings (SSSR count). The van der Waals surface area contributed by atoms with E-state index in [1.807, 2.05) is 0 Å². The van der Waals surface area contributed by atoms with Crippen LogP contribution in [0.3, 0.4) is 0 Å². The first kappa shape index (κ1) is 29.6. The number of aromatic nitrogens is 1. The van der Waals surface area contributed by atoms with Gasteiger partial charge in [-0.05, 0) is 42.5 Å². The van der Waals surface area contributed by atoms with Crippen LogP contribution in [0.1, 0.15) is 5.56 Å². The number of hydrazone groups is 1. The zero-order valence-corrected chi connectivity index (χ0v) is 24.7. The van der Waals surface area contributed by atoms with Crippen LogP contribution in [-0.2, 0) is 24.8 Å². The molecule has 1 amide bonds. The Hall–Kier alpha value is -3.88. The fourth-order valence-corrected chi connectivity index (χ4v) is 7.77. The highest BCUT2D eigenvalue weighted by molar-refractivity contribution is 7.89. The molecular weight excluding hydrogens is 602 g/mol. The van der Waals surface area contributed by atoms with Crippen LogP contribution in [0.4, 0.5) is 0 Å². The average molecular weight is 628 g/mol. The van der Waals surface area contributed by atoms with Crippen molar-refractivity contribution in [2.45, 2.75) is 15.8 Å². The van der Waals surface area contributed by atoms with E-state index in [1.54, 1.807) is 67.8 Å². The number of methoxy groups -OCH3 is 1. The number of carbonyl (C=O) groups is 1. The number of carbonyl (C=O) groups excluding carboxylic acids is 1. The smallest absolute Gasteiger partial charge is 0.259 e. The molecule has 0 spiro atoms. The molecule has 218 valence electrons. The van der Waals surface area contributed by atoms with E-state index in [2.05, 4.69) is 15.5 Å². The van der Waals surface area contributed by atoms with Crippen LogP contribution in [-0.4, -0.2) is 75.3 Å². The standard InChI is InChI=1S/C28H26ClN5O6S2/c1-40-22-13-12-20-16-21(27(29)31-25(20)17-22)18-30-32-28(35)26-19-33(41(36,37)23-8-4-2-5-9-23)14-15-34(26)42(38,39)24-10-6-3-7-11-24/h2-13,16-18,26H,14-15,19H2,1H3,(H,32,35)/b30-18-/t26-/m1/s1. The maximum Gasteiger partial charge on any atom is 0.259 e. The molecular formula is C28H26ClN5O6S2. The molecule has 42 heavy (non-hydrogen) atoms. The largest absolute Gasteiger partial charge is 0.497 e. The van der Waals surface area contributed by atoms with Crippen molar-refractivity contribution in [1.29, 1.82) is 0 Å².